The zero-order chi connectivity index (χ0) is 19.5. The maximum Gasteiger partial charge on any atom is 0.260 e. The monoisotopic (exact) mass is 417 g/mol. The number of anilines is 1. The molecule has 3 heterocycles. The highest BCUT2D eigenvalue weighted by Crippen LogP contribution is 2.29. The van der Waals surface area contributed by atoms with Gasteiger partial charge in [0, 0.05) is 23.2 Å². The van der Waals surface area contributed by atoms with Crippen molar-refractivity contribution in [2.75, 3.05) is 18.5 Å². The second kappa shape index (κ2) is 8.07. The van der Waals surface area contributed by atoms with E-state index in [9.17, 15) is 14.0 Å². The van der Waals surface area contributed by atoms with E-state index in [1.54, 1.807) is 28.5 Å². The largest absolute Gasteiger partial charge is 0.481 e. The van der Waals surface area contributed by atoms with Gasteiger partial charge in [0.15, 0.2) is 23.3 Å². The molecule has 1 aliphatic heterocycles. The summed E-state index contributed by atoms with van der Waals surface area (Å²) in [5.41, 5.74) is 1.49. The van der Waals surface area contributed by atoms with Crippen molar-refractivity contribution < 1.29 is 18.7 Å². The van der Waals surface area contributed by atoms with Gasteiger partial charge in [-0.2, -0.15) is 11.3 Å². The van der Waals surface area contributed by atoms with E-state index in [1.165, 1.54) is 34.8 Å². The van der Waals surface area contributed by atoms with Crippen LogP contribution in [0.15, 0.2) is 41.1 Å². The molecule has 2 amide bonds. The van der Waals surface area contributed by atoms with Crippen molar-refractivity contribution in [1.29, 1.82) is 0 Å². The molecule has 0 fully saturated rings. The Bertz CT molecular complexity index is 1000. The third-order valence-corrected chi connectivity index (χ3v) is 5.96. The van der Waals surface area contributed by atoms with E-state index in [0.29, 0.717) is 30.2 Å². The van der Waals surface area contributed by atoms with Crippen LogP contribution in [0.3, 0.4) is 0 Å². The summed E-state index contributed by atoms with van der Waals surface area (Å²) in [5, 5.41) is 6.95. The second-order valence-electron chi connectivity index (χ2n) is 6.14. The molecular formula is C19H16FN3O3S2. The molecule has 0 atom stereocenters. The summed E-state index contributed by atoms with van der Waals surface area (Å²) in [7, 11) is 0. The number of fused-ring (bicyclic) bond motifs is 1. The number of nitrogens with zero attached hydrogens (tertiary/aromatic N) is 2. The van der Waals surface area contributed by atoms with Crippen LogP contribution in [0.25, 0.3) is 0 Å². The SMILES string of the molecule is O=C(Nc1nc2c(s1)CN(C(=O)COc1ccccc1F)CC2)c1ccsc1. The van der Waals surface area contributed by atoms with Gasteiger partial charge in [0.2, 0.25) is 0 Å². The number of nitrogens with one attached hydrogen (secondary N) is 1. The summed E-state index contributed by atoms with van der Waals surface area (Å²) >= 11 is 2.82. The van der Waals surface area contributed by atoms with Gasteiger partial charge in [-0.1, -0.05) is 23.5 Å². The second-order valence-corrected chi connectivity index (χ2v) is 8.00. The number of ether oxygens (including phenoxy) is 1. The molecule has 0 unspecified atom stereocenters. The van der Waals surface area contributed by atoms with Crippen molar-refractivity contribution >= 4 is 39.6 Å². The Morgan fingerprint density at radius 1 is 1.29 bits per heavy atom. The van der Waals surface area contributed by atoms with E-state index in [1.807, 2.05) is 5.38 Å². The third kappa shape index (κ3) is 4.05. The Kier molecular flexibility index (Phi) is 5.36. The molecule has 28 heavy (non-hydrogen) atoms. The first-order valence-corrected chi connectivity index (χ1v) is 10.3. The van der Waals surface area contributed by atoms with E-state index >= 15 is 0 Å². The number of amides is 2. The van der Waals surface area contributed by atoms with E-state index in [0.717, 1.165) is 10.6 Å². The molecule has 0 saturated heterocycles. The fourth-order valence-electron chi connectivity index (χ4n) is 2.82. The van der Waals surface area contributed by atoms with Crippen molar-refractivity contribution in [2.45, 2.75) is 13.0 Å². The molecule has 1 N–H and O–H groups in total. The molecular weight excluding hydrogens is 401 g/mol. The molecule has 0 spiro atoms. The Balaban J connectivity index is 1.36. The average molecular weight is 417 g/mol. The van der Waals surface area contributed by atoms with Crippen LogP contribution in [0.5, 0.6) is 5.75 Å². The lowest BCUT2D eigenvalue weighted by atomic mass is 10.2. The van der Waals surface area contributed by atoms with Gasteiger partial charge >= 0.3 is 0 Å². The number of thiophene rings is 1. The fourth-order valence-corrected chi connectivity index (χ4v) is 4.47. The number of carbonyl (C=O) groups excluding carboxylic acids is 2. The molecule has 1 aromatic carbocycles. The highest BCUT2D eigenvalue weighted by Gasteiger charge is 2.25. The molecule has 9 heteroatoms. The van der Waals surface area contributed by atoms with Gasteiger partial charge < -0.3 is 9.64 Å². The number of hydrogen-bond donors (Lipinski definition) is 1. The lowest BCUT2D eigenvalue weighted by Crippen LogP contribution is -2.38. The topological polar surface area (TPSA) is 71.5 Å². The molecule has 1 aliphatic rings. The van der Waals surface area contributed by atoms with Gasteiger partial charge in [0.25, 0.3) is 11.8 Å². The highest BCUT2D eigenvalue weighted by atomic mass is 32.1. The number of carbonyl (C=O) groups is 2. The van der Waals surface area contributed by atoms with E-state index in [2.05, 4.69) is 10.3 Å². The molecule has 0 aliphatic carbocycles. The Morgan fingerprint density at radius 3 is 2.93 bits per heavy atom. The van der Waals surface area contributed by atoms with Crippen LogP contribution >= 0.6 is 22.7 Å². The van der Waals surface area contributed by atoms with Crippen molar-refractivity contribution in [1.82, 2.24) is 9.88 Å². The lowest BCUT2D eigenvalue weighted by Gasteiger charge is -2.26. The summed E-state index contributed by atoms with van der Waals surface area (Å²) in [6.07, 6.45) is 0.603. The Hall–Kier alpha value is -2.78. The minimum Gasteiger partial charge on any atom is -0.481 e. The quantitative estimate of drug-likeness (QED) is 0.689. The zero-order valence-electron chi connectivity index (χ0n) is 14.7. The summed E-state index contributed by atoms with van der Waals surface area (Å²) in [6, 6.07) is 7.75. The number of halogens is 1. The summed E-state index contributed by atoms with van der Waals surface area (Å²) in [4.78, 5) is 31.7. The van der Waals surface area contributed by atoms with Crippen LogP contribution in [-0.4, -0.2) is 34.8 Å². The van der Waals surface area contributed by atoms with Crippen molar-refractivity contribution in [3.63, 3.8) is 0 Å². The van der Waals surface area contributed by atoms with Crippen LogP contribution in [0.2, 0.25) is 0 Å². The number of thiazole rings is 1. The zero-order valence-corrected chi connectivity index (χ0v) is 16.3. The minimum absolute atomic E-state index is 0.0600. The van der Waals surface area contributed by atoms with Crippen LogP contribution in [0.4, 0.5) is 9.52 Å². The first-order chi connectivity index (χ1) is 13.6. The summed E-state index contributed by atoms with van der Waals surface area (Å²) in [5.74, 6) is -0.848. The highest BCUT2D eigenvalue weighted by molar-refractivity contribution is 7.16. The molecule has 0 saturated carbocycles. The minimum atomic E-state index is -0.496. The molecule has 4 rings (SSSR count). The van der Waals surface area contributed by atoms with Gasteiger partial charge in [0.05, 0.1) is 17.8 Å². The van der Waals surface area contributed by atoms with E-state index in [-0.39, 0.29) is 24.2 Å². The van der Waals surface area contributed by atoms with Crippen molar-refractivity contribution in [3.05, 3.63) is 63.0 Å². The van der Waals surface area contributed by atoms with Gasteiger partial charge in [-0.05, 0) is 23.6 Å². The average Bonchev–Trinajstić information content (AvgIpc) is 3.36. The van der Waals surface area contributed by atoms with Crippen LogP contribution in [0.1, 0.15) is 20.9 Å². The number of benzene rings is 1. The number of rotatable bonds is 5. The Labute approximate surface area is 168 Å². The fraction of sp³-hybridized carbons (Fsp3) is 0.211. The van der Waals surface area contributed by atoms with E-state index in [4.69, 9.17) is 4.74 Å². The van der Waals surface area contributed by atoms with Crippen LogP contribution in [-0.2, 0) is 17.8 Å². The molecule has 2 aromatic heterocycles. The predicted molar refractivity (Wildman–Crippen MR) is 105 cm³/mol. The third-order valence-electron chi connectivity index (χ3n) is 4.28. The maximum absolute atomic E-state index is 13.6. The molecule has 3 aromatic rings. The normalized spacial score (nSPS) is 13.1. The van der Waals surface area contributed by atoms with Crippen LogP contribution < -0.4 is 10.1 Å². The summed E-state index contributed by atoms with van der Waals surface area (Å²) < 4.78 is 18.9. The number of aromatic nitrogens is 1. The van der Waals surface area contributed by atoms with Gasteiger partial charge in [-0.25, -0.2) is 9.37 Å². The Morgan fingerprint density at radius 2 is 2.14 bits per heavy atom. The van der Waals surface area contributed by atoms with Gasteiger partial charge in [0.1, 0.15) is 0 Å². The van der Waals surface area contributed by atoms with Gasteiger partial charge in [-0.3, -0.25) is 14.9 Å². The van der Waals surface area contributed by atoms with Crippen molar-refractivity contribution in [2.24, 2.45) is 0 Å². The van der Waals surface area contributed by atoms with Crippen molar-refractivity contribution in [3.8, 4) is 5.75 Å². The summed E-state index contributed by atoms with van der Waals surface area (Å²) in [6.45, 7) is 0.686. The van der Waals surface area contributed by atoms with E-state index < -0.39 is 5.82 Å². The number of para-hydroxylation sites is 1. The maximum atomic E-state index is 13.6. The van der Waals surface area contributed by atoms with Gasteiger partial charge in [-0.15, -0.1) is 0 Å². The molecule has 6 nitrogen and oxygen atoms in total. The smallest absolute Gasteiger partial charge is 0.260 e. The predicted octanol–water partition coefficient (Wildman–Crippen LogP) is 3.56. The first-order valence-electron chi connectivity index (χ1n) is 8.57. The lowest BCUT2D eigenvalue weighted by molar-refractivity contribution is -0.134. The van der Waals surface area contributed by atoms with Crippen LogP contribution in [0, 0.1) is 5.82 Å². The number of hydrogen-bond acceptors (Lipinski definition) is 6. The first kappa shape index (κ1) is 18.6. The molecule has 144 valence electrons. The standard InChI is InChI=1S/C19H16FN3O3S2/c20-13-3-1-2-4-15(13)26-10-17(24)23-7-5-14-16(9-23)28-19(21-14)22-18(25)12-6-8-27-11-12/h1-4,6,8,11H,5,7,9-10H2,(H,21,22,25). The molecule has 0 radical (unpaired) electrons. The molecule has 0 bridgehead atoms.